The van der Waals surface area contributed by atoms with Crippen molar-refractivity contribution < 1.29 is 4.42 Å². The minimum Gasteiger partial charge on any atom is -0.464 e. The van der Waals surface area contributed by atoms with Crippen LogP contribution in [-0.4, -0.2) is 9.78 Å². The maximum Gasteiger partial charge on any atom is 0.134 e. The van der Waals surface area contributed by atoms with Crippen LogP contribution in [0.2, 0.25) is 5.02 Å². The summed E-state index contributed by atoms with van der Waals surface area (Å²) in [7, 11) is 1.83. The van der Waals surface area contributed by atoms with Gasteiger partial charge in [0.05, 0.1) is 29.2 Å². The van der Waals surface area contributed by atoms with Crippen molar-refractivity contribution >= 4 is 22.6 Å². The van der Waals surface area contributed by atoms with Crippen molar-refractivity contribution in [2.75, 3.05) is 0 Å². The monoisotopic (exact) mass is 276 g/mol. The van der Waals surface area contributed by atoms with Gasteiger partial charge in [0, 0.05) is 18.0 Å². The van der Waals surface area contributed by atoms with Crippen molar-refractivity contribution in [3.63, 3.8) is 0 Å². The highest BCUT2D eigenvalue weighted by Gasteiger charge is 2.23. The molecule has 1 aromatic carbocycles. The largest absolute Gasteiger partial charge is 0.464 e. The molecule has 0 radical (unpaired) electrons. The number of furan rings is 1. The molecular formula is C13H13ClN4O. The number of nitrogens with two attached hydrogens (primary N) is 1. The molecule has 0 spiro atoms. The third-order valence-electron chi connectivity index (χ3n) is 3.20. The molecule has 0 aliphatic heterocycles. The van der Waals surface area contributed by atoms with Gasteiger partial charge in [0.15, 0.2) is 0 Å². The molecule has 0 amide bonds. The van der Waals surface area contributed by atoms with Gasteiger partial charge in [-0.3, -0.25) is 10.5 Å². The zero-order chi connectivity index (χ0) is 13.4. The molecule has 0 aliphatic rings. The second-order valence-electron chi connectivity index (χ2n) is 4.29. The van der Waals surface area contributed by atoms with Crippen LogP contribution in [0.1, 0.15) is 17.3 Å². The van der Waals surface area contributed by atoms with E-state index in [1.54, 1.807) is 17.1 Å². The lowest BCUT2D eigenvalue weighted by Gasteiger charge is -2.15. The Bertz CT molecular complexity index is 699. The first-order valence-corrected chi connectivity index (χ1v) is 6.20. The summed E-state index contributed by atoms with van der Waals surface area (Å²) in [4.78, 5) is 0. The number of rotatable bonds is 3. The summed E-state index contributed by atoms with van der Waals surface area (Å²) in [6.45, 7) is 0. The number of nitrogens with zero attached hydrogens (tertiary/aromatic N) is 2. The Hall–Kier alpha value is -1.82. The van der Waals surface area contributed by atoms with Gasteiger partial charge >= 0.3 is 0 Å². The third-order valence-corrected chi connectivity index (χ3v) is 3.49. The highest BCUT2D eigenvalue weighted by molar-refractivity contribution is 6.31. The van der Waals surface area contributed by atoms with Gasteiger partial charge in [-0.2, -0.15) is 5.10 Å². The molecule has 0 saturated heterocycles. The molecule has 0 fully saturated rings. The predicted octanol–water partition coefficient (Wildman–Crippen LogP) is 2.37. The van der Waals surface area contributed by atoms with E-state index in [9.17, 15) is 0 Å². The number of aryl methyl sites for hydroxylation is 1. The topological polar surface area (TPSA) is 69.0 Å². The van der Waals surface area contributed by atoms with Crippen LogP contribution in [0.25, 0.3) is 11.0 Å². The molecule has 0 saturated carbocycles. The molecule has 19 heavy (non-hydrogen) atoms. The first-order valence-electron chi connectivity index (χ1n) is 5.82. The van der Waals surface area contributed by atoms with Crippen molar-refractivity contribution in [1.82, 2.24) is 15.2 Å². The van der Waals surface area contributed by atoms with Gasteiger partial charge in [0.2, 0.25) is 0 Å². The number of nitrogens with one attached hydrogen (secondary N) is 1. The molecule has 3 rings (SSSR count). The maximum atomic E-state index is 6.18. The van der Waals surface area contributed by atoms with Gasteiger partial charge in [-0.15, -0.1) is 0 Å². The van der Waals surface area contributed by atoms with E-state index in [-0.39, 0.29) is 6.04 Å². The van der Waals surface area contributed by atoms with Crippen molar-refractivity contribution in [2.45, 2.75) is 6.04 Å². The Morgan fingerprint density at radius 1 is 1.42 bits per heavy atom. The highest BCUT2D eigenvalue weighted by atomic mass is 35.5. The fraction of sp³-hybridized carbons (Fsp3) is 0.154. The van der Waals surface area contributed by atoms with E-state index >= 15 is 0 Å². The van der Waals surface area contributed by atoms with Crippen molar-refractivity contribution in [2.24, 2.45) is 12.9 Å². The van der Waals surface area contributed by atoms with Gasteiger partial charge in [0.1, 0.15) is 5.58 Å². The molecule has 2 heterocycles. The smallest absolute Gasteiger partial charge is 0.134 e. The Morgan fingerprint density at radius 3 is 2.89 bits per heavy atom. The minimum atomic E-state index is -0.274. The first kappa shape index (κ1) is 12.2. The average Bonchev–Trinajstić information content (AvgIpc) is 2.98. The zero-order valence-electron chi connectivity index (χ0n) is 10.3. The van der Waals surface area contributed by atoms with Gasteiger partial charge in [-0.05, 0) is 6.07 Å². The summed E-state index contributed by atoms with van der Waals surface area (Å²) in [6, 6.07) is 7.51. The van der Waals surface area contributed by atoms with Crippen LogP contribution in [0.15, 0.2) is 41.1 Å². The number of halogens is 1. The van der Waals surface area contributed by atoms with Gasteiger partial charge in [-0.1, -0.05) is 29.8 Å². The molecular weight excluding hydrogens is 264 g/mol. The van der Waals surface area contributed by atoms with Crippen LogP contribution < -0.4 is 11.3 Å². The standard InChI is InChI=1S/C13H13ClN4O/c1-18-13(10(14)6-16-18)12(17-15)9-7-19-11-5-3-2-4-8(9)11/h2-7,12,17H,15H2,1H3. The van der Waals surface area contributed by atoms with Crippen LogP contribution in [0.3, 0.4) is 0 Å². The average molecular weight is 277 g/mol. The van der Waals surface area contributed by atoms with Gasteiger partial charge < -0.3 is 4.42 Å². The fourth-order valence-corrected chi connectivity index (χ4v) is 2.56. The van der Waals surface area contributed by atoms with Crippen molar-refractivity contribution in [3.05, 3.63) is 53.0 Å². The third kappa shape index (κ3) is 1.92. The molecule has 0 aliphatic carbocycles. The molecule has 1 unspecified atom stereocenters. The second-order valence-corrected chi connectivity index (χ2v) is 4.70. The Kier molecular flexibility index (Phi) is 3.02. The summed E-state index contributed by atoms with van der Waals surface area (Å²) >= 11 is 6.18. The Morgan fingerprint density at radius 2 is 2.21 bits per heavy atom. The van der Waals surface area contributed by atoms with E-state index < -0.39 is 0 Å². The zero-order valence-corrected chi connectivity index (χ0v) is 11.1. The van der Waals surface area contributed by atoms with E-state index in [0.29, 0.717) is 5.02 Å². The van der Waals surface area contributed by atoms with Crippen LogP contribution in [0.4, 0.5) is 0 Å². The summed E-state index contributed by atoms with van der Waals surface area (Å²) in [6.07, 6.45) is 3.29. The predicted molar refractivity (Wildman–Crippen MR) is 73.6 cm³/mol. The first-order chi connectivity index (χ1) is 9.22. The number of para-hydroxylation sites is 1. The fourth-order valence-electron chi connectivity index (χ4n) is 2.28. The van der Waals surface area contributed by atoms with Crippen LogP contribution in [0.5, 0.6) is 0 Å². The van der Waals surface area contributed by atoms with Crippen LogP contribution >= 0.6 is 11.6 Å². The molecule has 1 atom stereocenters. The normalized spacial score (nSPS) is 13.0. The van der Waals surface area contributed by atoms with Crippen molar-refractivity contribution in [3.8, 4) is 0 Å². The molecule has 3 aromatic rings. The molecule has 6 heteroatoms. The minimum absolute atomic E-state index is 0.274. The molecule has 5 nitrogen and oxygen atoms in total. The second kappa shape index (κ2) is 4.70. The van der Waals surface area contributed by atoms with E-state index in [1.807, 2.05) is 31.3 Å². The van der Waals surface area contributed by atoms with E-state index in [1.165, 1.54) is 0 Å². The Balaban J connectivity index is 2.18. The van der Waals surface area contributed by atoms with Gasteiger partial charge in [0.25, 0.3) is 0 Å². The highest BCUT2D eigenvalue weighted by Crippen LogP contribution is 2.32. The maximum absolute atomic E-state index is 6.18. The van der Waals surface area contributed by atoms with Gasteiger partial charge in [-0.25, -0.2) is 5.43 Å². The van der Waals surface area contributed by atoms with E-state index in [0.717, 1.165) is 22.2 Å². The number of benzene rings is 1. The van der Waals surface area contributed by atoms with Crippen LogP contribution in [0, 0.1) is 0 Å². The summed E-state index contributed by atoms with van der Waals surface area (Å²) < 4.78 is 7.24. The number of aromatic nitrogens is 2. The molecule has 3 N–H and O–H groups in total. The molecule has 2 aromatic heterocycles. The SMILES string of the molecule is Cn1ncc(Cl)c1C(NN)c1coc2ccccc12. The van der Waals surface area contributed by atoms with E-state index in [4.69, 9.17) is 21.9 Å². The number of hydrogen-bond acceptors (Lipinski definition) is 4. The number of hydrogen-bond donors (Lipinski definition) is 2. The lowest BCUT2D eigenvalue weighted by Crippen LogP contribution is -2.30. The summed E-state index contributed by atoms with van der Waals surface area (Å²) in [5, 5.41) is 5.70. The van der Waals surface area contributed by atoms with E-state index in [2.05, 4.69) is 10.5 Å². The quantitative estimate of drug-likeness (QED) is 0.569. The summed E-state index contributed by atoms with van der Waals surface area (Å²) in [5.74, 6) is 5.69. The number of hydrazine groups is 1. The molecule has 0 bridgehead atoms. The lowest BCUT2D eigenvalue weighted by atomic mass is 10.0. The molecule has 98 valence electrons. The van der Waals surface area contributed by atoms with Crippen molar-refractivity contribution in [1.29, 1.82) is 0 Å². The lowest BCUT2D eigenvalue weighted by molar-refractivity contribution is 0.557. The Labute approximate surface area is 114 Å². The summed E-state index contributed by atoms with van der Waals surface area (Å²) in [5.41, 5.74) is 5.33. The van der Waals surface area contributed by atoms with Crippen LogP contribution in [-0.2, 0) is 7.05 Å². The number of fused-ring (bicyclic) bond motifs is 1.